The van der Waals surface area contributed by atoms with Gasteiger partial charge in [-0.3, -0.25) is 9.71 Å². The van der Waals surface area contributed by atoms with Crippen molar-refractivity contribution in [1.29, 1.82) is 0 Å². The highest BCUT2D eigenvalue weighted by Gasteiger charge is 2.07. The van der Waals surface area contributed by atoms with Crippen LogP contribution in [0.25, 0.3) is 0 Å². The summed E-state index contributed by atoms with van der Waals surface area (Å²) in [5.74, 6) is 0.762. The lowest BCUT2D eigenvalue weighted by Crippen LogP contribution is -2.38. The average Bonchev–Trinajstić information content (AvgIpc) is 2.57. The predicted octanol–water partition coefficient (Wildman–Crippen LogP) is 3.54. The van der Waals surface area contributed by atoms with Crippen LogP contribution < -0.4 is 10.0 Å². The fourth-order valence-corrected chi connectivity index (χ4v) is 3.10. The minimum absolute atomic E-state index is 0. The standard InChI is InChI=1S/C18H23ClN4O2S.HI/c1-20-18(23(2)13-15-4-8-16(19)9-5-15)21-12-14-6-10-17(11-7-14)22-26(3,24)25;/h4-11,22H,12-13H2,1-3H3,(H,20,21);1H. The van der Waals surface area contributed by atoms with Crippen LogP contribution >= 0.6 is 35.6 Å². The molecule has 0 atom stereocenters. The third-order valence-corrected chi connectivity index (χ3v) is 4.47. The van der Waals surface area contributed by atoms with Crippen LogP contribution in [-0.4, -0.2) is 39.6 Å². The molecule has 0 aliphatic heterocycles. The van der Waals surface area contributed by atoms with Crippen molar-refractivity contribution in [1.82, 2.24) is 10.2 Å². The lowest BCUT2D eigenvalue weighted by molar-refractivity contribution is 0.476. The minimum Gasteiger partial charge on any atom is -0.352 e. The number of rotatable bonds is 6. The molecule has 0 amide bonds. The van der Waals surface area contributed by atoms with Gasteiger partial charge in [0.05, 0.1) is 6.26 Å². The molecule has 2 N–H and O–H groups in total. The van der Waals surface area contributed by atoms with E-state index in [1.807, 2.05) is 48.3 Å². The molecule has 0 saturated carbocycles. The van der Waals surface area contributed by atoms with Crippen molar-refractivity contribution in [2.24, 2.45) is 4.99 Å². The van der Waals surface area contributed by atoms with E-state index in [0.29, 0.717) is 23.8 Å². The van der Waals surface area contributed by atoms with E-state index in [-0.39, 0.29) is 24.0 Å². The van der Waals surface area contributed by atoms with Crippen LogP contribution in [0.1, 0.15) is 11.1 Å². The molecule has 2 rings (SSSR count). The van der Waals surface area contributed by atoms with Crippen molar-refractivity contribution in [3.05, 3.63) is 64.7 Å². The molecule has 27 heavy (non-hydrogen) atoms. The van der Waals surface area contributed by atoms with Gasteiger partial charge in [-0.25, -0.2) is 8.42 Å². The molecule has 0 heterocycles. The molecule has 9 heteroatoms. The maximum atomic E-state index is 11.2. The van der Waals surface area contributed by atoms with Crippen LogP contribution in [0.3, 0.4) is 0 Å². The quantitative estimate of drug-likeness (QED) is 0.346. The molecule has 0 saturated heterocycles. The van der Waals surface area contributed by atoms with Crippen molar-refractivity contribution in [3.63, 3.8) is 0 Å². The van der Waals surface area contributed by atoms with Crippen LogP contribution in [-0.2, 0) is 23.1 Å². The SMILES string of the molecule is CN=C(NCc1ccc(NS(C)(=O)=O)cc1)N(C)Cc1ccc(Cl)cc1.I. The molecule has 2 aromatic rings. The Morgan fingerprint density at radius 1 is 1.07 bits per heavy atom. The number of halogens is 2. The van der Waals surface area contributed by atoms with Gasteiger partial charge < -0.3 is 10.2 Å². The number of benzene rings is 2. The number of guanidine groups is 1. The zero-order valence-electron chi connectivity index (χ0n) is 15.4. The van der Waals surface area contributed by atoms with E-state index in [0.717, 1.165) is 23.3 Å². The number of anilines is 1. The van der Waals surface area contributed by atoms with Crippen LogP contribution in [0.4, 0.5) is 5.69 Å². The number of nitrogens with zero attached hydrogens (tertiary/aromatic N) is 2. The van der Waals surface area contributed by atoms with E-state index < -0.39 is 10.0 Å². The number of sulfonamides is 1. The summed E-state index contributed by atoms with van der Waals surface area (Å²) in [5.41, 5.74) is 2.70. The van der Waals surface area contributed by atoms with Gasteiger partial charge in [0, 0.05) is 37.9 Å². The molecule has 2 aromatic carbocycles. The van der Waals surface area contributed by atoms with Crippen molar-refractivity contribution in [2.75, 3.05) is 25.1 Å². The first-order valence-corrected chi connectivity index (χ1v) is 10.3. The van der Waals surface area contributed by atoms with Gasteiger partial charge in [0.15, 0.2) is 5.96 Å². The fourth-order valence-electron chi connectivity index (χ4n) is 2.41. The Labute approximate surface area is 183 Å². The number of hydrogen-bond acceptors (Lipinski definition) is 3. The summed E-state index contributed by atoms with van der Waals surface area (Å²) in [6, 6.07) is 14.9. The Balaban J connectivity index is 0.00000364. The van der Waals surface area contributed by atoms with E-state index >= 15 is 0 Å². The van der Waals surface area contributed by atoms with Gasteiger partial charge in [-0.15, -0.1) is 24.0 Å². The van der Waals surface area contributed by atoms with E-state index in [9.17, 15) is 8.42 Å². The first kappa shape index (κ1) is 23.5. The van der Waals surface area contributed by atoms with Crippen LogP contribution in [0.2, 0.25) is 5.02 Å². The van der Waals surface area contributed by atoms with Gasteiger partial charge in [0.25, 0.3) is 0 Å². The summed E-state index contributed by atoms with van der Waals surface area (Å²) in [4.78, 5) is 6.31. The minimum atomic E-state index is -3.26. The zero-order chi connectivity index (χ0) is 19.2. The second-order valence-corrected chi connectivity index (χ2v) is 8.14. The lowest BCUT2D eigenvalue weighted by Gasteiger charge is -2.22. The highest BCUT2D eigenvalue weighted by Crippen LogP contribution is 2.12. The van der Waals surface area contributed by atoms with Gasteiger partial charge >= 0.3 is 0 Å². The summed E-state index contributed by atoms with van der Waals surface area (Å²) >= 11 is 5.91. The molecule has 0 aliphatic rings. The normalized spacial score (nSPS) is 11.5. The fraction of sp³-hybridized carbons (Fsp3) is 0.278. The summed E-state index contributed by atoms with van der Waals surface area (Å²) in [6.45, 7) is 1.28. The van der Waals surface area contributed by atoms with Gasteiger partial charge in [-0.05, 0) is 35.4 Å². The molecular weight excluding hydrogens is 499 g/mol. The highest BCUT2D eigenvalue weighted by atomic mass is 127. The third-order valence-electron chi connectivity index (χ3n) is 3.61. The summed E-state index contributed by atoms with van der Waals surface area (Å²) in [5, 5.41) is 4.01. The van der Waals surface area contributed by atoms with Crippen LogP contribution in [0, 0.1) is 0 Å². The largest absolute Gasteiger partial charge is 0.352 e. The van der Waals surface area contributed by atoms with E-state index in [1.165, 1.54) is 0 Å². The summed E-state index contributed by atoms with van der Waals surface area (Å²) in [7, 11) is 0.434. The Bertz CT molecular complexity index is 856. The van der Waals surface area contributed by atoms with Gasteiger partial charge in [-0.2, -0.15) is 0 Å². The second kappa shape index (κ2) is 10.7. The third kappa shape index (κ3) is 8.35. The topological polar surface area (TPSA) is 73.8 Å². The van der Waals surface area contributed by atoms with Gasteiger partial charge in [-0.1, -0.05) is 35.9 Å². The summed E-state index contributed by atoms with van der Waals surface area (Å²) < 4.78 is 24.9. The molecule has 0 unspecified atom stereocenters. The molecule has 0 bridgehead atoms. The molecule has 6 nitrogen and oxygen atoms in total. The Morgan fingerprint density at radius 2 is 1.63 bits per heavy atom. The van der Waals surface area contributed by atoms with E-state index in [1.54, 1.807) is 19.2 Å². The predicted molar refractivity (Wildman–Crippen MR) is 123 cm³/mol. The molecule has 0 aromatic heterocycles. The lowest BCUT2D eigenvalue weighted by atomic mass is 10.2. The van der Waals surface area contributed by atoms with E-state index in [4.69, 9.17) is 11.6 Å². The smallest absolute Gasteiger partial charge is 0.229 e. The Morgan fingerprint density at radius 3 is 2.15 bits per heavy atom. The van der Waals surface area contributed by atoms with Crippen molar-refractivity contribution in [3.8, 4) is 0 Å². The maximum absolute atomic E-state index is 11.2. The molecular formula is C18H24ClIN4O2S. The molecule has 0 fully saturated rings. The van der Waals surface area contributed by atoms with Crippen LogP contribution in [0.15, 0.2) is 53.5 Å². The highest BCUT2D eigenvalue weighted by molar-refractivity contribution is 14.0. The average molecular weight is 523 g/mol. The second-order valence-electron chi connectivity index (χ2n) is 5.95. The number of hydrogen-bond donors (Lipinski definition) is 2. The van der Waals surface area contributed by atoms with Crippen molar-refractivity contribution < 1.29 is 8.42 Å². The molecule has 0 radical (unpaired) electrons. The van der Waals surface area contributed by atoms with E-state index in [2.05, 4.69) is 15.0 Å². The first-order chi connectivity index (χ1) is 12.3. The monoisotopic (exact) mass is 522 g/mol. The zero-order valence-corrected chi connectivity index (χ0v) is 19.3. The Hall–Kier alpha value is -1.52. The first-order valence-electron chi connectivity index (χ1n) is 8.00. The number of nitrogens with one attached hydrogen (secondary N) is 2. The van der Waals surface area contributed by atoms with Crippen LogP contribution in [0.5, 0.6) is 0 Å². The van der Waals surface area contributed by atoms with Gasteiger partial charge in [0.2, 0.25) is 10.0 Å². The summed E-state index contributed by atoms with van der Waals surface area (Å²) in [6.07, 6.45) is 1.13. The number of aliphatic imine (C=N–C) groups is 1. The van der Waals surface area contributed by atoms with Gasteiger partial charge in [0.1, 0.15) is 0 Å². The van der Waals surface area contributed by atoms with Crippen molar-refractivity contribution in [2.45, 2.75) is 13.1 Å². The maximum Gasteiger partial charge on any atom is 0.229 e. The molecule has 0 aliphatic carbocycles. The molecule has 148 valence electrons. The molecule has 0 spiro atoms. The Kier molecular flexibility index (Phi) is 9.34. The van der Waals surface area contributed by atoms with Crippen molar-refractivity contribution >= 4 is 57.2 Å².